The van der Waals surface area contributed by atoms with Crippen LogP contribution in [-0.4, -0.2) is 30.9 Å². The number of hydrogen-bond donors (Lipinski definition) is 1. The summed E-state index contributed by atoms with van der Waals surface area (Å²) in [6.07, 6.45) is 2.08. The van der Waals surface area contributed by atoms with Crippen molar-refractivity contribution in [3.05, 3.63) is 12.3 Å². The van der Waals surface area contributed by atoms with E-state index in [4.69, 9.17) is 4.74 Å². The lowest BCUT2D eigenvalue weighted by Gasteiger charge is -2.32. The fourth-order valence-electron chi connectivity index (χ4n) is 2.22. The van der Waals surface area contributed by atoms with Crippen LogP contribution in [0.4, 0.5) is 0 Å². The molecule has 92 valence electrons. The van der Waals surface area contributed by atoms with Crippen molar-refractivity contribution in [1.29, 1.82) is 0 Å². The molecule has 1 heterocycles. The highest BCUT2D eigenvalue weighted by Gasteiger charge is 2.30. The van der Waals surface area contributed by atoms with Crippen molar-refractivity contribution in [2.24, 2.45) is 11.8 Å². The maximum atomic E-state index is 11.2. The molecule has 0 bridgehead atoms. The Morgan fingerprint density at radius 1 is 1.69 bits per heavy atom. The molecule has 0 amide bonds. The van der Waals surface area contributed by atoms with E-state index in [1.165, 1.54) is 7.11 Å². The second-order valence-electron chi connectivity index (χ2n) is 4.34. The zero-order chi connectivity index (χ0) is 12.1. The highest BCUT2D eigenvalue weighted by atomic mass is 16.5. The number of esters is 1. The summed E-state index contributed by atoms with van der Waals surface area (Å²) in [5.74, 6) is -0.192. The van der Waals surface area contributed by atoms with Crippen molar-refractivity contribution in [1.82, 2.24) is 0 Å². The molecule has 4 nitrogen and oxygen atoms in total. The summed E-state index contributed by atoms with van der Waals surface area (Å²) in [5.41, 5.74) is 0. The van der Waals surface area contributed by atoms with Crippen LogP contribution in [0.2, 0.25) is 0 Å². The first-order valence-corrected chi connectivity index (χ1v) is 5.60. The highest BCUT2D eigenvalue weighted by Crippen LogP contribution is 2.32. The van der Waals surface area contributed by atoms with Crippen molar-refractivity contribution in [3.8, 4) is 0 Å². The first-order chi connectivity index (χ1) is 7.54. The number of rotatable bonds is 4. The van der Waals surface area contributed by atoms with E-state index in [2.05, 4.69) is 11.3 Å². The third-order valence-corrected chi connectivity index (χ3v) is 3.14. The van der Waals surface area contributed by atoms with Gasteiger partial charge in [0.05, 0.1) is 25.4 Å². The van der Waals surface area contributed by atoms with Gasteiger partial charge in [-0.25, -0.2) is 0 Å². The van der Waals surface area contributed by atoms with Crippen molar-refractivity contribution in [2.45, 2.75) is 32.3 Å². The second-order valence-corrected chi connectivity index (χ2v) is 4.34. The zero-order valence-corrected chi connectivity index (χ0v) is 9.94. The van der Waals surface area contributed by atoms with Gasteiger partial charge in [-0.1, -0.05) is 6.58 Å². The number of aliphatic hydroxyl groups is 1. The van der Waals surface area contributed by atoms with Crippen molar-refractivity contribution in [2.75, 3.05) is 13.7 Å². The number of carbonyl (C=O) groups is 1. The van der Waals surface area contributed by atoms with Gasteiger partial charge in [-0.3, -0.25) is 4.79 Å². The van der Waals surface area contributed by atoms with E-state index in [-0.39, 0.29) is 36.1 Å². The molecular weight excluding hydrogens is 208 g/mol. The van der Waals surface area contributed by atoms with Crippen LogP contribution in [0.1, 0.15) is 26.2 Å². The summed E-state index contributed by atoms with van der Waals surface area (Å²) in [6, 6.07) is 0. The van der Waals surface area contributed by atoms with Crippen molar-refractivity contribution in [3.63, 3.8) is 0 Å². The van der Waals surface area contributed by atoms with E-state index in [0.29, 0.717) is 6.61 Å². The fraction of sp³-hybridized carbons (Fsp3) is 0.750. The Bertz CT molecular complexity index is 262. The quantitative estimate of drug-likeness (QED) is 0.591. The van der Waals surface area contributed by atoms with Gasteiger partial charge in [0, 0.05) is 12.5 Å². The smallest absolute Gasteiger partial charge is 0.306 e. The summed E-state index contributed by atoms with van der Waals surface area (Å²) >= 11 is 0. The summed E-state index contributed by atoms with van der Waals surface area (Å²) < 4.78 is 10.1. The Kier molecular flexibility index (Phi) is 4.80. The molecule has 3 atom stereocenters. The van der Waals surface area contributed by atoms with Gasteiger partial charge < -0.3 is 14.6 Å². The van der Waals surface area contributed by atoms with E-state index in [1.54, 1.807) is 0 Å². The Morgan fingerprint density at radius 2 is 2.38 bits per heavy atom. The number of hydrogen-bond acceptors (Lipinski definition) is 4. The molecule has 1 aliphatic heterocycles. The van der Waals surface area contributed by atoms with Gasteiger partial charge in [0.1, 0.15) is 0 Å². The standard InChI is InChI=1S/C12H20O4/c1-8-6-10(4-5-16-8)11(9(2)13)7-12(14)15-3/h8,10-11,13H,2,4-7H2,1,3H3/t8-,10+,11?/m0/s1. The molecule has 1 unspecified atom stereocenters. The van der Waals surface area contributed by atoms with Crippen LogP contribution in [0, 0.1) is 11.8 Å². The first-order valence-electron chi connectivity index (χ1n) is 5.60. The molecule has 1 saturated heterocycles. The van der Waals surface area contributed by atoms with Gasteiger partial charge in [0.15, 0.2) is 0 Å². The van der Waals surface area contributed by atoms with Crippen molar-refractivity contribution < 1.29 is 19.4 Å². The Labute approximate surface area is 96.2 Å². The molecule has 1 aliphatic rings. The predicted molar refractivity (Wildman–Crippen MR) is 60.0 cm³/mol. The number of ether oxygens (including phenoxy) is 2. The lowest BCUT2D eigenvalue weighted by atomic mass is 9.81. The van der Waals surface area contributed by atoms with E-state index < -0.39 is 0 Å². The highest BCUT2D eigenvalue weighted by molar-refractivity contribution is 5.69. The fourth-order valence-corrected chi connectivity index (χ4v) is 2.22. The molecule has 0 spiro atoms. The average Bonchev–Trinajstić information content (AvgIpc) is 2.25. The van der Waals surface area contributed by atoms with Gasteiger partial charge in [-0.2, -0.15) is 0 Å². The molecule has 0 saturated carbocycles. The van der Waals surface area contributed by atoms with Crippen LogP contribution in [0.25, 0.3) is 0 Å². The topological polar surface area (TPSA) is 55.8 Å². The molecule has 1 fully saturated rings. The second kappa shape index (κ2) is 5.89. The normalized spacial score (nSPS) is 27.1. The van der Waals surface area contributed by atoms with Crippen LogP contribution in [0.5, 0.6) is 0 Å². The molecule has 1 rings (SSSR count). The van der Waals surface area contributed by atoms with Crippen LogP contribution in [0.3, 0.4) is 0 Å². The largest absolute Gasteiger partial charge is 0.513 e. The minimum Gasteiger partial charge on any atom is -0.513 e. The van der Waals surface area contributed by atoms with Crippen LogP contribution in [0.15, 0.2) is 12.3 Å². The minimum atomic E-state index is -0.306. The molecule has 16 heavy (non-hydrogen) atoms. The van der Waals surface area contributed by atoms with Gasteiger partial charge in [0.25, 0.3) is 0 Å². The Morgan fingerprint density at radius 3 is 2.88 bits per heavy atom. The zero-order valence-electron chi connectivity index (χ0n) is 9.94. The number of carbonyl (C=O) groups excluding carboxylic acids is 1. The lowest BCUT2D eigenvalue weighted by Crippen LogP contribution is -2.30. The van der Waals surface area contributed by atoms with E-state index in [0.717, 1.165) is 12.8 Å². The molecule has 4 heteroatoms. The number of aliphatic hydroxyl groups excluding tert-OH is 1. The minimum absolute atomic E-state index is 0.0736. The van der Waals surface area contributed by atoms with E-state index >= 15 is 0 Å². The summed E-state index contributed by atoms with van der Waals surface area (Å²) in [6.45, 7) is 6.23. The summed E-state index contributed by atoms with van der Waals surface area (Å²) in [7, 11) is 1.35. The molecule has 0 aromatic heterocycles. The molecule has 1 N–H and O–H groups in total. The predicted octanol–water partition coefficient (Wildman–Crippen LogP) is 2.05. The molecular formula is C12H20O4. The van der Waals surface area contributed by atoms with Gasteiger partial charge >= 0.3 is 5.97 Å². The summed E-state index contributed by atoms with van der Waals surface area (Å²) in [5, 5.41) is 9.55. The third-order valence-electron chi connectivity index (χ3n) is 3.14. The van der Waals surface area contributed by atoms with E-state index in [9.17, 15) is 9.90 Å². The van der Waals surface area contributed by atoms with E-state index in [1.807, 2.05) is 6.92 Å². The molecule has 0 radical (unpaired) electrons. The van der Waals surface area contributed by atoms with Crippen LogP contribution < -0.4 is 0 Å². The number of allylic oxidation sites excluding steroid dienone is 1. The van der Waals surface area contributed by atoms with Crippen LogP contribution in [-0.2, 0) is 14.3 Å². The SMILES string of the molecule is C=C(O)C(CC(=O)OC)[C@@H]1CCO[C@@H](C)C1. The van der Waals surface area contributed by atoms with Gasteiger partial charge in [0.2, 0.25) is 0 Å². The molecule has 0 aliphatic carbocycles. The maximum absolute atomic E-state index is 11.2. The summed E-state index contributed by atoms with van der Waals surface area (Å²) in [4.78, 5) is 11.2. The van der Waals surface area contributed by atoms with Crippen LogP contribution >= 0.6 is 0 Å². The third kappa shape index (κ3) is 3.52. The number of methoxy groups -OCH3 is 1. The Hall–Kier alpha value is -1.03. The van der Waals surface area contributed by atoms with Crippen molar-refractivity contribution >= 4 is 5.97 Å². The van der Waals surface area contributed by atoms with Gasteiger partial charge in [-0.15, -0.1) is 0 Å². The average molecular weight is 228 g/mol. The monoisotopic (exact) mass is 228 g/mol. The Balaban J connectivity index is 2.61. The first kappa shape index (κ1) is 13.0. The molecule has 0 aromatic carbocycles. The molecule has 0 aromatic rings. The lowest BCUT2D eigenvalue weighted by molar-refractivity contribution is -0.142. The van der Waals surface area contributed by atoms with Gasteiger partial charge in [-0.05, 0) is 25.7 Å². The maximum Gasteiger partial charge on any atom is 0.306 e.